The molecule has 1 fully saturated rings. The molecule has 2 aromatic rings. The second kappa shape index (κ2) is 6.22. The summed E-state index contributed by atoms with van der Waals surface area (Å²) >= 11 is 1.84. The maximum Gasteiger partial charge on any atom is 0.134 e. The van der Waals surface area contributed by atoms with Crippen molar-refractivity contribution in [1.82, 2.24) is 9.97 Å². The van der Waals surface area contributed by atoms with E-state index in [0.717, 1.165) is 57.2 Å². The lowest BCUT2D eigenvalue weighted by Crippen LogP contribution is -2.31. The Labute approximate surface area is 134 Å². The van der Waals surface area contributed by atoms with Gasteiger partial charge in [0.15, 0.2) is 0 Å². The zero-order valence-electron chi connectivity index (χ0n) is 12.5. The minimum Gasteiger partial charge on any atom is -0.379 e. The summed E-state index contributed by atoms with van der Waals surface area (Å²) in [7, 11) is 0. The maximum atomic E-state index is 5.52. The topological polar surface area (TPSA) is 50.3 Å². The Morgan fingerprint density at radius 3 is 3.27 bits per heavy atom. The summed E-state index contributed by atoms with van der Waals surface area (Å²) < 4.78 is 5.52. The zero-order chi connectivity index (χ0) is 14.8. The van der Waals surface area contributed by atoms with Gasteiger partial charge in [0.25, 0.3) is 0 Å². The highest BCUT2D eigenvalue weighted by atomic mass is 32.1. The van der Waals surface area contributed by atoms with Crippen molar-refractivity contribution < 1.29 is 4.74 Å². The molecule has 0 amide bonds. The van der Waals surface area contributed by atoms with Crippen molar-refractivity contribution in [1.29, 1.82) is 0 Å². The van der Waals surface area contributed by atoms with Gasteiger partial charge in [0.2, 0.25) is 0 Å². The molecule has 0 unspecified atom stereocenters. The third-order valence-electron chi connectivity index (χ3n) is 4.31. The monoisotopic (exact) mass is 316 g/mol. The molecule has 4 heterocycles. The first-order valence-electron chi connectivity index (χ1n) is 7.85. The van der Waals surface area contributed by atoms with Crippen LogP contribution < -0.4 is 10.2 Å². The first kappa shape index (κ1) is 14.0. The van der Waals surface area contributed by atoms with Crippen LogP contribution in [0.5, 0.6) is 0 Å². The second-order valence-electron chi connectivity index (χ2n) is 5.86. The molecule has 2 aromatic heterocycles. The minimum atomic E-state index is 0.363. The molecule has 1 N–H and O–H groups in total. The van der Waals surface area contributed by atoms with E-state index in [-0.39, 0.29) is 0 Å². The Morgan fingerprint density at radius 2 is 2.36 bits per heavy atom. The number of fused-ring (bicyclic) bond motifs is 1. The van der Waals surface area contributed by atoms with Crippen molar-refractivity contribution in [2.24, 2.45) is 0 Å². The van der Waals surface area contributed by atoms with Crippen molar-refractivity contribution >= 4 is 23.0 Å². The smallest absolute Gasteiger partial charge is 0.134 e. The van der Waals surface area contributed by atoms with Gasteiger partial charge in [0, 0.05) is 24.1 Å². The predicted molar refractivity (Wildman–Crippen MR) is 88.6 cm³/mol. The lowest BCUT2D eigenvalue weighted by Gasteiger charge is -2.28. The van der Waals surface area contributed by atoms with Crippen LogP contribution in [0.25, 0.3) is 0 Å². The van der Waals surface area contributed by atoms with Gasteiger partial charge < -0.3 is 15.0 Å². The molecule has 5 nitrogen and oxygen atoms in total. The lowest BCUT2D eigenvalue weighted by molar-refractivity contribution is 0.0875. The van der Waals surface area contributed by atoms with Gasteiger partial charge in [-0.1, -0.05) is 0 Å². The number of aromatic nitrogens is 2. The molecule has 0 spiro atoms. The van der Waals surface area contributed by atoms with Gasteiger partial charge in [-0.25, -0.2) is 9.97 Å². The average molecular weight is 316 g/mol. The highest BCUT2D eigenvalue weighted by molar-refractivity contribution is 7.10. The normalized spacial score (nSPS) is 21.5. The van der Waals surface area contributed by atoms with E-state index in [0.29, 0.717) is 6.04 Å². The summed E-state index contributed by atoms with van der Waals surface area (Å²) in [4.78, 5) is 12.6. The van der Waals surface area contributed by atoms with Gasteiger partial charge in [-0.2, -0.15) is 0 Å². The molecule has 116 valence electrons. The van der Waals surface area contributed by atoms with Crippen molar-refractivity contribution in [2.75, 3.05) is 30.0 Å². The van der Waals surface area contributed by atoms with E-state index in [1.807, 2.05) is 11.3 Å². The molecule has 22 heavy (non-hydrogen) atoms. The number of hydrogen-bond acceptors (Lipinski definition) is 6. The Kier molecular flexibility index (Phi) is 3.95. The molecule has 0 radical (unpaired) electrons. The van der Waals surface area contributed by atoms with Gasteiger partial charge in [-0.05, 0) is 36.3 Å². The number of ether oxygens (including phenoxy) is 1. The first-order valence-corrected chi connectivity index (χ1v) is 8.73. The van der Waals surface area contributed by atoms with Crippen LogP contribution in [-0.2, 0) is 17.7 Å². The van der Waals surface area contributed by atoms with Crippen molar-refractivity contribution in [3.63, 3.8) is 0 Å². The van der Waals surface area contributed by atoms with E-state index in [1.165, 1.54) is 10.4 Å². The van der Waals surface area contributed by atoms with Crippen LogP contribution in [0.4, 0.5) is 11.6 Å². The quantitative estimate of drug-likeness (QED) is 0.943. The highest BCUT2D eigenvalue weighted by Gasteiger charge is 2.19. The van der Waals surface area contributed by atoms with Crippen molar-refractivity contribution in [3.8, 4) is 0 Å². The molecule has 0 bridgehead atoms. The largest absolute Gasteiger partial charge is 0.379 e. The molecule has 0 aromatic carbocycles. The third-order valence-corrected chi connectivity index (χ3v) is 5.26. The Balaban J connectivity index is 1.47. The highest BCUT2D eigenvalue weighted by Crippen LogP contribution is 2.27. The summed E-state index contributed by atoms with van der Waals surface area (Å²) in [6.45, 7) is 3.62. The van der Waals surface area contributed by atoms with Crippen LogP contribution in [-0.4, -0.2) is 35.8 Å². The second-order valence-corrected chi connectivity index (χ2v) is 6.86. The molecule has 0 saturated carbocycles. The minimum absolute atomic E-state index is 0.363. The predicted octanol–water partition coefficient (Wildman–Crippen LogP) is 2.69. The average Bonchev–Trinajstić information content (AvgIpc) is 3.04. The fourth-order valence-electron chi connectivity index (χ4n) is 3.09. The molecular formula is C16H20N4OS. The number of anilines is 2. The zero-order valence-corrected chi connectivity index (χ0v) is 13.3. The Hall–Kier alpha value is -1.66. The van der Waals surface area contributed by atoms with Crippen LogP contribution in [0.3, 0.4) is 0 Å². The van der Waals surface area contributed by atoms with Crippen LogP contribution in [0.1, 0.15) is 23.3 Å². The third kappa shape index (κ3) is 2.94. The lowest BCUT2D eigenvalue weighted by atomic mass is 10.1. The van der Waals surface area contributed by atoms with Crippen LogP contribution in [0.15, 0.2) is 23.8 Å². The van der Waals surface area contributed by atoms with Gasteiger partial charge in [0.05, 0.1) is 19.2 Å². The van der Waals surface area contributed by atoms with Crippen molar-refractivity contribution in [3.05, 3.63) is 34.3 Å². The fourth-order valence-corrected chi connectivity index (χ4v) is 4.04. The SMILES string of the molecule is c1nc(N[C@@H]2CCCOC2)cc(N2CCc3ccsc3C2)n1. The Bertz CT molecular complexity index is 639. The van der Waals surface area contributed by atoms with E-state index in [9.17, 15) is 0 Å². The summed E-state index contributed by atoms with van der Waals surface area (Å²) in [5.74, 6) is 1.91. The van der Waals surface area contributed by atoms with Crippen molar-refractivity contribution in [2.45, 2.75) is 31.8 Å². The molecular weight excluding hydrogens is 296 g/mol. The molecule has 4 rings (SSSR count). The van der Waals surface area contributed by atoms with Gasteiger partial charge >= 0.3 is 0 Å². The molecule has 0 aliphatic carbocycles. The summed E-state index contributed by atoms with van der Waals surface area (Å²) in [5, 5.41) is 5.66. The number of thiophene rings is 1. The number of nitrogens with zero attached hydrogens (tertiary/aromatic N) is 3. The Morgan fingerprint density at radius 1 is 1.36 bits per heavy atom. The number of nitrogens with one attached hydrogen (secondary N) is 1. The molecule has 1 saturated heterocycles. The number of hydrogen-bond donors (Lipinski definition) is 1. The van der Waals surface area contributed by atoms with E-state index in [2.05, 4.69) is 37.7 Å². The van der Waals surface area contributed by atoms with E-state index in [4.69, 9.17) is 4.74 Å². The molecule has 1 atom stereocenters. The van der Waals surface area contributed by atoms with Gasteiger partial charge in [0.1, 0.15) is 18.0 Å². The summed E-state index contributed by atoms with van der Waals surface area (Å²) in [5.41, 5.74) is 1.49. The van der Waals surface area contributed by atoms with E-state index in [1.54, 1.807) is 6.33 Å². The molecule has 2 aliphatic rings. The van der Waals surface area contributed by atoms with E-state index >= 15 is 0 Å². The molecule has 6 heteroatoms. The maximum absolute atomic E-state index is 5.52. The fraction of sp³-hybridized carbons (Fsp3) is 0.500. The summed E-state index contributed by atoms with van der Waals surface area (Å²) in [6, 6.07) is 4.67. The van der Waals surface area contributed by atoms with Crippen LogP contribution in [0.2, 0.25) is 0 Å². The number of rotatable bonds is 3. The van der Waals surface area contributed by atoms with Crippen LogP contribution in [0, 0.1) is 0 Å². The van der Waals surface area contributed by atoms with E-state index < -0.39 is 0 Å². The van der Waals surface area contributed by atoms with Crippen LogP contribution >= 0.6 is 11.3 Å². The summed E-state index contributed by atoms with van der Waals surface area (Å²) in [6.07, 6.45) is 5.01. The van der Waals surface area contributed by atoms with Gasteiger partial charge in [-0.3, -0.25) is 0 Å². The van der Waals surface area contributed by atoms with Gasteiger partial charge in [-0.15, -0.1) is 11.3 Å². The molecule has 2 aliphatic heterocycles. The first-order chi connectivity index (χ1) is 10.9. The standard InChI is InChI=1S/C16H20N4OS/c1-2-13(10-21-6-1)19-15-8-16(18-11-17-15)20-5-3-12-4-7-22-14(12)9-20/h4,7-8,11,13H,1-3,5-6,9-10H2,(H,17,18,19)/t13-/m1/s1.